The molecule has 0 spiro atoms. The van der Waals surface area contributed by atoms with Crippen molar-refractivity contribution in [1.82, 2.24) is 10.1 Å². The number of rotatable bonds is 13. The third-order valence-electron chi connectivity index (χ3n) is 9.97. The minimum Gasteiger partial charge on any atom is -0.466 e. The summed E-state index contributed by atoms with van der Waals surface area (Å²) in [4.78, 5) is 27.7. The highest BCUT2D eigenvalue weighted by atomic mass is 32.2. The number of aromatic nitrogens is 2. The number of likely N-dealkylation sites (N-methyl/N-ethyl adjacent to an activating group) is 1. The summed E-state index contributed by atoms with van der Waals surface area (Å²) in [5.74, 6) is 1.26. The van der Waals surface area contributed by atoms with E-state index in [4.69, 9.17) is 33.2 Å². The molecule has 284 valence electrons. The molecule has 0 saturated carbocycles. The second kappa shape index (κ2) is 14.7. The summed E-state index contributed by atoms with van der Waals surface area (Å²) in [6.45, 7) is 1.00. The first kappa shape index (κ1) is 35.5. The molecule has 3 aliphatic heterocycles. The first-order valence-corrected chi connectivity index (χ1v) is 19.1. The van der Waals surface area contributed by atoms with Gasteiger partial charge in [-0.3, -0.25) is 19.1 Å². The number of sulfone groups is 1. The van der Waals surface area contributed by atoms with Gasteiger partial charge in [-0.2, -0.15) is 0 Å². The van der Waals surface area contributed by atoms with E-state index in [1.165, 1.54) is 24.3 Å². The molecule has 8 rings (SSSR count). The average molecular weight is 764 g/mol. The van der Waals surface area contributed by atoms with E-state index < -0.39 is 38.8 Å². The van der Waals surface area contributed by atoms with Crippen LogP contribution < -0.4 is 28.6 Å². The monoisotopic (exact) mass is 763 g/mol. The number of hydrogen-bond donors (Lipinski definition) is 0. The molecule has 17 heteroatoms. The van der Waals surface area contributed by atoms with E-state index in [1.807, 2.05) is 31.3 Å². The van der Waals surface area contributed by atoms with Gasteiger partial charge in [-0.25, -0.2) is 8.42 Å². The van der Waals surface area contributed by atoms with Crippen LogP contribution in [0.2, 0.25) is 0 Å². The second-order valence-electron chi connectivity index (χ2n) is 13.4. The lowest BCUT2D eigenvalue weighted by molar-refractivity contribution is -0.832. The Labute approximate surface area is 309 Å². The van der Waals surface area contributed by atoms with Crippen LogP contribution in [0.1, 0.15) is 66.3 Å². The summed E-state index contributed by atoms with van der Waals surface area (Å²) in [6, 6.07) is 15.2. The summed E-state index contributed by atoms with van der Waals surface area (Å²) in [5, 5.41) is 14.7. The Kier molecular flexibility index (Phi) is 9.66. The normalized spacial score (nSPS) is 19.4. The van der Waals surface area contributed by atoms with Crippen molar-refractivity contribution in [2.75, 3.05) is 33.8 Å². The Bertz CT molecular complexity index is 2170. The smallest absolute Gasteiger partial charge is 0.414 e. The molecule has 3 aromatic carbocycles. The van der Waals surface area contributed by atoms with Crippen molar-refractivity contribution in [3.05, 3.63) is 82.1 Å². The predicted molar refractivity (Wildman–Crippen MR) is 183 cm³/mol. The van der Waals surface area contributed by atoms with Crippen LogP contribution in [0.5, 0.6) is 28.9 Å². The third-order valence-corrected chi connectivity index (χ3v) is 11.7. The van der Waals surface area contributed by atoms with Crippen molar-refractivity contribution in [2.45, 2.75) is 73.1 Å². The first-order chi connectivity index (χ1) is 26.2. The van der Waals surface area contributed by atoms with Crippen LogP contribution in [-0.2, 0) is 41.9 Å². The van der Waals surface area contributed by atoms with Gasteiger partial charge in [0, 0.05) is 43.3 Å². The van der Waals surface area contributed by atoms with Crippen molar-refractivity contribution < 1.29 is 60.7 Å². The van der Waals surface area contributed by atoms with E-state index in [9.17, 15) is 23.2 Å². The quantitative estimate of drug-likeness (QED) is 0.108. The number of hydrogen-bond acceptors (Lipinski definition) is 15. The van der Waals surface area contributed by atoms with Crippen LogP contribution in [0.4, 0.5) is 0 Å². The Morgan fingerprint density at radius 3 is 2.48 bits per heavy atom. The maximum atomic E-state index is 13.3. The molecule has 4 aromatic rings. The number of carbonyl (C=O) groups is 2. The van der Waals surface area contributed by atoms with Gasteiger partial charge in [0.25, 0.3) is 9.84 Å². The molecule has 1 aliphatic carbocycles. The minimum absolute atomic E-state index is 0.00640. The van der Waals surface area contributed by atoms with Crippen molar-refractivity contribution in [3.63, 3.8) is 0 Å². The van der Waals surface area contributed by atoms with Crippen LogP contribution in [0.3, 0.4) is 0 Å². The zero-order valence-electron chi connectivity index (χ0n) is 29.3. The molecular formula is C37H37N3O13S. The number of nitrogens with zero attached hydrogens (tertiary/aromatic N) is 3. The third kappa shape index (κ3) is 6.72. The standard InChI is InChI=1S/C37H37N3O13S/c1-39-19-26-24(12-13-27-35(26)51-21-48-27)33-30(17-22-16-28-29(50-20-49-28)18-25(22)34(33)39)52-32(42)11-7-10-31(41)46-14-5-6-15-47-36-37(40(43)53-38-36)54(44,45)23-8-3-2-4-9-23/h2-4,8-9,12-13,16,18,30,33-34H,5-7,10-11,14-15,17,19-21H2,1H3/t30-,33-,34+/m0/s1. The lowest BCUT2D eigenvalue weighted by atomic mass is 9.70. The van der Waals surface area contributed by atoms with Gasteiger partial charge in [0.2, 0.25) is 13.6 Å². The Balaban J connectivity index is 0.829. The summed E-state index contributed by atoms with van der Waals surface area (Å²) in [7, 11) is -2.18. The molecule has 0 saturated heterocycles. The number of esters is 2. The summed E-state index contributed by atoms with van der Waals surface area (Å²) in [6.07, 6.45) is 1.04. The van der Waals surface area contributed by atoms with Gasteiger partial charge in [-0.05, 0) is 78.2 Å². The van der Waals surface area contributed by atoms with Gasteiger partial charge < -0.3 is 38.4 Å². The molecule has 4 aliphatic rings. The predicted octanol–water partition coefficient (Wildman–Crippen LogP) is 3.91. The molecule has 4 heterocycles. The van der Waals surface area contributed by atoms with E-state index in [-0.39, 0.29) is 67.8 Å². The van der Waals surface area contributed by atoms with Crippen LogP contribution in [0, 0.1) is 5.21 Å². The van der Waals surface area contributed by atoms with Crippen molar-refractivity contribution in [2.24, 2.45) is 0 Å². The molecule has 1 aromatic heterocycles. The van der Waals surface area contributed by atoms with E-state index in [2.05, 4.69) is 14.7 Å². The van der Waals surface area contributed by atoms with Crippen LogP contribution in [-0.4, -0.2) is 70.4 Å². The number of fused-ring (bicyclic) bond motifs is 8. The molecule has 16 nitrogen and oxygen atoms in total. The average Bonchev–Trinajstić information content (AvgIpc) is 3.92. The van der Waals surface area contributed by atoms with Gasteiger partial charge in [0.15, 0.2) is 23.0 Å². The molecule has 0 unspecified atom stereocenters. The van der Waals surface area contributed by atoms with E-state index in [0.717, 1.165) is 28.0 Å². The van der Waals surface area contributed by atoms with Gasteiger partial charge in [0.1, 0.15) is 6.10 Å². The Hall–Kier alpha value is -5.55. The largest absolute Gasteiger partial charge is 0.466 e. The van der Waals surface area contributed by atoms with Crippen molar-refractivity contribution in [3.8, 4) is 28.9 Å². The summed E-state index contributed by atoms with van der Waals surface area (Å²) in [5.41, 5.74) is 4.19. The second-order valence-corrected chi connectivity index (χ2v) is 15.2. The zero-order valence-corrected chi connectivity index (χ0v) is 30.1. The van der Waals surface area contributed by atoms with E-state index >= 15 is 0 Å². The molecule has 0 bridgehead atoms. The van der Waals surface area contributed by atoms with Gasteiger partial charge in [-0.15, -0.1) is 0 Å². The molecule has 54 heavy (non-hydrogen) atoms. The molecule has 0 radical (unpaired) electrons. The van der Waals surface area contributed by atoms with Crippen molar-refractivity contribution in [1.29, 1.82) is 0 Å². The number of carbonyl (C=O) groups excluding carboxylic acids is 2. The maximum absolute atomic E-state index is 13.3. The van der Waals surface area contributed by atoms with E-state index in [0.29, 0.717) is 43.1 Å². The van der Waals surface area contributed by atoms with Crippen LogP contribution in [0.15, 0.2) is 69.1 Å². The fourth-order valence-electron chi connectivity index (χ4n) is 7.53. The topological polar surface area (TPSA) is 189 Å². The number of benzene rings is 3. The number of unbranched alkanes of at least 4 members (excludes halogenated alkanes) is 1. The summed E-state index contributed by atoms with van der Waals surface area (Å²) < 4.78 is 70.1. The fourth-order valence-corrected chi connectivity index (χ4v) is 8.83. The molecule has 3 atom stereocenters. The maximum Gasteiger partial charge on any atom is 0.414 e. The fraction of sp³-hybridized carbons (Fsp3) is 0.405. The highest BCUT2D eigenvalue weighted by Gasteiger charge is 2.47. The van der Waals surface area contributed by atoms with Gasteiger partial charge in [-0.1, -0.05) is 24.3 Å². The molecule has 0 amide bonds. The Morgan fingerprint density at radius 2 is 1.65 bits per heavy atom. The number of ether oxygens (including phenoxy) is 7. The lowest BCUT2D eigenvalue weighted by Crippen LogP contribution is -2.45. The highest BCUT2D eigenvalue weighted by molar-refractivity contribution is 7.91. The van der Waals surface area contributed by atoms with Crippen molar-refractivity contribution >= 4 is 21.8 Å². The molecule has 0 N–H and O–H groups in total. The van der Waals surface area contributed by atoms with Crippen LogP contribution in [0.25, 0.3) is 0 Å². The zero-order chi connectivity index (χ0) is 37.4. The molecule has 0 fully saturated rings. The van der Waals surface area contributed by atoms with Gasteiger partial charge in [0.05, 0.1) is 23.3 Å². The first-order valence-electron chi connectivity index (χ1n) is 17.6. The summed E-state index contributed by atoms with van der Waals surface area (Å²) >= 11 is 0. The Morgan fingerprint density at radius 1 is 0.907 bits per heavy atom. The lowest BCUT2D eigenvalue weighted by Gasteiger charge is -2.47. The van der Waals surface area contributed by atoms with E-state index in [1.54, 1.807) is 6.07 Å². The van der Waals surface area contributed by atoms with Gasteiger partial charge >= 0.3 is 22.8 Å². The molecular weight excluding hydrogens is 726 g/mol. The SMILES string of the molecule is CN1Cc2c(ccc3c2OCO3)[C@H]2[C@@H](OC(=O)CCCC(=O)OCCCCOc3no[n+]([O-])c3S(=O)(=O)c3ccccc3)Cc3cc4c(cc3[C@H]21)OCO4. The van der Waals surface area contributed by atoms with Crippen LogP contribution >= 0.6 is 0 Å². The highest BCUT2D eigenvalue weighted by Crippen LogP contribution is 2.54. The minimum atomic E-state index is -4.23.